The van der Waals surface area contributed by atoms with Crippen LogP contribution >= 0.6 is 0 Å². The van der Waals surface area contributed by atoms with E-state index in [2.05, 4.69) is 18.0 Å². The molecule has 0 bridgehead atoms. The standard InChI is InChI=1S/C11H24.C5H12O4S/c1-3-5-7-9-11-10-8-6-4-2;1-2-3-4-5-9-10(6,7)8/h3-11H2,1-2H3;2-5H2,1H3,(H,6,7,8). The number of hydrogen-bond donors (Lipinski definition) is 1. The fraction of sp³-hybridized carbons (Fsp3) is 1.00. The van der Waals surface area contributed by atoms with Crippen LogP contribution in [0.25, 0.3) is 0 Å². The van der Waals surface area contributed by atoms with E-state index in [0.717, 1.165) is 12.8 Å². The summed E-state index contributed by atoms with van der Waals surface area (Å²) in [6.45, 7) is 6.62. The average molecular weight is 325 g/mol. The van der Waals surface area contributed by atoms with Gasteiger partial charge in [-0.1, -0.05) is 91.4 Å². The van der Waals surface area contributed by atoms with Gasteiger partial charge >= 0.3 is 10.4 Å². The molecule has 0 amide bonds. The minimum atomic E-state index is -4.20. The smallest absolute Gasteiger partial charge is 0.264 e. The fourth-order valence-electron chi connectivity index (χ4n) is 1.90. The van der Waals surface area contributed by atoms with Crippen LogP contribution in [0.15, 0.2) is 0 Å². The zero-order valence-corrected chi connectivity index (χ0v) is 15.1. The lowest BCUT2D eigenvalue weighted by Crippen LogP contribution is -2.04. The average Bonchev–Trinajstić information content (AvgIpc) is 2.42. The van der Waals surface area contributed by atoms with E-state index in [4.69, 9.17) is 4.55 Å². The Morgan fingerprint density at radius 1 is 0.667 bits per heavy atom. The van der Waals surface area contributed by atoms with Crippen LogP contribution in [-0.2, 0) is 14.6 Å². The third-order valence-electron chi connectivity index (χ3n) is 3.19. The van der Waals surface area contributed by atoms with Gasteiger partial charge in [0.25, 0.3) is 0 Å². The van der Waals surface area contributed by atoms with Gasteiger partial charge in [0.2, 0.25) is 0 Å². The van der Waals surface area contributed by atoms with Gasteiger partial charge in [-0.05, 0) is 6.42 Å². The van der Waals surface area contributed by atoms with Crippen LogP contribution in [0, 0.1) is 0 Å². The molecule has 0 aromatic carbocycles. The highest BCUT2D eigenvalue weighted by Gasteiger charge is 2.01. The van der Waals surface area contributed by atoms with E-state index in [1.54, 1.807) is 0 Å². The van der Waals surface area contributed by atoms with Crippen LogP contribution in [0.5, 0.6) is 0 Å². The highest BCUT2D eigenvalue weighted by Crippen LogP contribution is 2.08. The molecule has 0 aliphatic rings. The monoisotopic (exact) mass is 324 g/mol. The lowest BCUT2D eigenvalue weighted by molar-refractivity contribution is 0.262. The summed E-state index contributed by atoms with van der Waals surface area (Å²) in [6, 6.07) is 0. The summed E-state index contributed by atoms with van der Waals surface area (Å²) in [4.78, 5) is 0. The van der Waals surface area contributed by atoms with Gasteiger partial charge in [0, 0.05) is 0 Å². The zero-order valence-electron chi connectivity index (χ0n) is 14.3. The minimum absolute atomic E-state index is 0.0761. The maximum absolute atomic E-state index is 9.93. The number of rotatable bonds is 13. The van der Waals surface area contributed by atoms with E-state index in [1.807, 2.05) is 6.92 Å². The molecular weight excluding hydrogens is 288 g/mol. The van der Waals surface area contributed by atoms with E-state index in [9.17, 15) is 8.42 Å². The summed E-state index contributed by atoms with van der Waals surface area (Å²) in [5.74, 6) is 0. The molecule has 0 heterocycles. The Kier molecular flexibility index (Phi) is 19.7. The lowest BCUT2D eigenvalue weighted by atomic mass is 10.1. The van der Waals surface area contributed by atoms with Gasteiger partial charge in [-0.2, -0.15) is 8.42 Å². The van der Waals surface area contributed by atoms with E-state index in [1.165, 1.54) is 57.8 Å². The second-order valence-corrected chi connectivity index (χ2v) is 6.52. The Hall–Kier alpha value is -0.130. The summed E-state index contributed by atoms with van der Waals surface area (Å²) in [7, 11) is -4.20. The van der Waals surface area contributed by atoms with Gasteiger partial charge < -0.3 is 0 Å². The molecule has 4 nitrogen and oxygen atoms in total. The molecule has 0 aliphatic heterocycles. The van der Waals surface area contributed by atoms with Crippen molar-refractivity contribution < 1.29 is 17.2 Å². The molecule has 0 saturated carbocycles. The third kappa shape index (κ3) is 28.7. The van der Waals surface area contributed by atoms with E-state index in [0.29, 0.717) is 6.42 Å². The molecule has 0 aromatic heterocycles. The Labute approximate surface area is 132 Å². The summed E-state index contributed by atoms with van der Waals surface area (Å²) >= 11 is 0. The van der Waals surface area contributed by atoms with Crippen molar-refractivity contribution in [2.24, 2.45) is 0 Å². The highest BCUT2D eigenvalue weighted by atomic mass is 32.3. The first-order chi connectivity index (χ1) is 9.97. The Morgan fingerprint density at radius 2 is 1.00 bits per heavy atom. The second kappa shape index (κ2) is 17.9. The Balaban J connectivity index is 0. The maximum Gasteiger partial charge on any atom is 0.397 e. The summed E-state index contributed by atoms with van der Waals surface area (Å²) in [5, 5.41) is 0. The van der Waals surface area contributed by atoms with Crippen LogP contribution in [0.2, 0.25) is 0 Å². The summed E-state index contributed by atoms with van der Waals surface area (Å²) in [5.41, 5.74) is 0. The van der Waals surface area contributed by atoms with Crippen LogP contribution in [-0.4, -0.2) is 19.6 Å². The van der Waals surface area contributed by atoms with E-state index in [-0.39, 0.29) is 6.61 Å². The molecule has 0 atom stereocenters. The topological polar surface area (TPSA) is 63.6 Å². The van der Waals surface area contributed by atoms with Crippen molar-refractivity contribution in [3.63, 3.8) is 0 Å². The van der Waals surface area contributed by atoms with Crippen molar-refractivity contribution in [3.8, 4) is 0 Å². The molecule has 0 rings (SSSR count). The van der Waals surface area contributed by atoms with Crippen molar-refractivity contribution in [3.05, 3.63) is 0 Å². The highest BCUT2D eigenvalue weighted by molar-refractivity contribution is 7.80. The molecule has 1 N–H and O–H groups in total. The predicted molar refractivity (Wildman–Crippen MR) is 89.9 cm³/mol. The number of unbranched alkanes of at least 4 members (excludes halogenated alkanes) is 10. The molecule has 0 saturated heterocycles. The predicted octanol–water partition coefficient (Wildman–Crippen LogP) is 5.53. The second-order valence-electron chi connectivity index (χ2n) is 5.43. The van der Waals surface area contributed by atoms with Crippen molar-refractivity contribution in [2.45, 2.75) is 97.8 Å². The third-order valence-corrected chi connectivity index (χ3v) is 3.65. The first-order valence-corrected chi connectivity index (χ1v) is 9.96. The van der Waals surface area contributed by atoms with Crippen LogP contribution in [0.3, 0.4) is 0 Å². The van der Waals surface area contributed by atoms with Gasteiger partial charge in [-0.25, -0.2) is 4.18 Å². The largest absolute Gasteiger partial charge is 0.397 e. The molecule has 0 fully saturated rings. The Bertz CT molecular complexity index is 268. The minimum Gasteiger partial charge on any atom is -0.264 e. The summed E-state index contributed by atoms with van der Waals surface area (Å²) < 4.78 is 32.0. The van der Waals surface area contributed by atoms with Gasteiger partial charge in [0.15, 0.2) is 0 Å². The first kappa shape index (κ1) is 23.1. The molecule has 130 valence electrons. The Morgan fingerprint density at radius 3 is 1.33 bits per heavy atom. The first-order valence-electron chi connectivity index (χ1n) is 8.59. The quantitative estimate of drug-likeness (QED) is 0.357. The van der Waals surface area contributed by atoms with Crippen LogP contribution in [0.4, 0.5) is 0 Å². The SMILES string of the molecule is CCCCCCCCCCC.CCCCCOS(=O)(=O)O. The molecule has 0 aliphatic carbocycles. The van der Waals surface area contributed by atoms with E-state index < -0.39 is 10.4 Å². The molecule has 5 heteroatoms. The van der Waals surface area contributed by atoms with Crippen LogP contribution in [0.1, 0.15) is 97.8 Å². The van der Waals surface area contributed by atoms with Crippen molar-refractivity contribution in [2.75, 3.05) is 6.61 Å². The molecule has 0 aromatic rings. The molecule has 0 unspecified atom stereocenters. The van der Waals surface area contributed by atoms with Gasteiger partial charge in [0.1, 0.15) is 0 Å². The fourth-order valence-corrected chi connectivity index (χ4v) is 2.23. The van der Waals surface area contributed by atoms with Crippen molar-refractivity contribution >= 4 is 10.4 Å². The van der Waals surface area contributed by atoms with E-state index >= 15 is 0 Å². The van der Waals surface area contributed by atoms with Crippen LogP contribution < -0.4 is 0 Å². The lowest BCUT2D eigenvalue weighted by Gasteiger charge is -1.98. The van der Waals surface area contributed by atoms with Gasteiger partial charge in [-0.15, -0.1) is 0 Å². The molecule has 0 spiro atoms. The number of hydrogen-bond acceptors (Lipinski definition) is 3. The van der Waals surface area contributed by atoms with Crippen molar-refractivity contribution in [1.82, 2.24) is 0 Å². The van der Waals surface area contributed by atoms with Crippen molar-refractivity contribution in [1.29, 1.82) is 0 Å². The zero-order chi connectivity index (χ0) is 16.4. The van der Waals surface area contributed by atoms with Gasteiger partial charge in [-0.3, -0.25) is 4.55 Å². The molecule has 21 heavy (non-hydrogen) atoms. The summed E-state index contributed by atoms with van der Waals surface area (Å²) in [6.07, 6.45) is 15.5. The normalized spacial score (nSPS) is 11.0. The maximum atomic E-state index is 9.93. The molecule has 0 radical (unpaired) electrons. The molecular formula is C16H36O4S. The van der Waals surface area contributed by atoms with Gasteiger partial charge in [0.05, 0.1) is 6.61 Å².